The number of ether oxygens (including phenoxy) is 1. The van der Waals surface area contributed by atoms with Crippen molar-refractivity contribution in [2.24, 2.45) is 11.3 Å². The number of alkyl halides is 3. The summed E-state index contributed by atoms with van der Waals surface area (Å²) in [6.07, 6.45) is -0.296. The largest absolute Gasteiger partial charge is 0.493 e. The molecule has 2 aromatic rings. The molecule has 1 heterocycles. The maximum atomic E-state index is 13.8. The second-order valence-electron chi connectivity index (χ2n) is 10.5. The average molecular weight is 537 g/mol. The second-order valence-corrected chi connectivity index (χ2v) is 10.9. The van der Waals surface area contributed by atoms with E-state index in [0.29, 0.717) is 54.8 Å². The number of carbonyl (C=O) groups is 2. The highest BCUT2D eigenvalue weighted by Gasteiger charge is 2.49. The molecule has 1 aliphatic carbocycles. The number of piperidine rings is 1. The zero-order valence-electron chi connectivity index (χ0n) is 21.1. The van der Waals surface area contributed by atoms with Crippen LogP contribution in [0.2, 0.25) is 5.02 Å². The molecular weight excluding hydrogens is 505 g/mol. The van der Waals surface area contributed by atoms with E-state index in [1.807, 2.05) is 0 Å². The van der Waals surface area contributed by atoms with E-state index >= 15 is 0 Å². The van der Waals surface area contributed by atoms with Crippen molar-refractivity contribution in [1.82, 2.24) is 9.80 Å². The van der Waals surface area contributed by atoms with E-state index in [9.17, 15) is 22.8 Å². The summed E-state index contributed by atoms with van der Waals surface area (Å²) in [7, 11) is 3.33. The molecule has 5 nitrogen and oxygen atoms in total. The van der Waals surface area contributed by atoms with Gasteiger partial charge in [0.05, 0.1) is 17.2 Å². The van der Waals surface area contributed by atoms with Crippen LogP contribution >= 0.6 is 11.6 Å². The van der Waals surface area contributed by atoms with Crippen molar-refractivity contribution in [1.29, 1.82) is 0 Å². The lowest BCUT2D eigenvalue weighted by atomic mass is 9.85. The van der Waals surface area contributed by atoms with Crippen LogP contribution in [0.25, 0.3) is 0 Å². The first kappa shape index (κ1) is 27.3. The monoisotopic (exact) mass is 536 g/mol. The first-order valence-corrected chi connectivity index (χ1v) is 12.9. The molecule has 1 unspecified atom stereocenters. The lowest BCUT2D eigenvalue weighted by Crippen LogP contribution is -2.45. The summed E-state index contributed by atoms with van der Waals surface area (Å²) < 4.78 is 47.4. The normalized spacial score (nSPS) is 18.3. The smallest absolute Gasteiger partial charge is 0.404 e. The van der Waals surface area contributed by atoms with Gasteiger partial charge in [0.15, 0.2) is 5.92 Å². The number of hydrogen-bond donors (Lipinski definition) is 0. The minimum atomic E-state index is -4.63. The Labute approximate surface area is 220 Å². The number of carbonyl (C=O) groups excluding carboxylic acids is 2. The Kier molecular flexibility index (Phi) is 8.07. The SMILES string of the molecule is CN(C)C(=O)c1ccc(OCC2(CC3CCN(C(=O)C(c4ccccc4)C(F)(F)F)CC3)CC2)cc1Cl. The van der Waals surface area contributed by atoms with Gasteiger partial charge in [-0.15, -0.1) is 0 Å². The minimum Gasteiger partial charge on any atom is -0.493 e. The number of likely N-dealkylation sites (tertiary alicyclic amines) is 1. The molecule has 9 heteroatoms. The molecule has 0 radical (unpaired) electrons. The van der Waals surface area contributed by atoms with E-state index in [0.717, 1.165) is 19.3 Å². The molecule has 2 aromatic carbocycles. The van der Waals surface area contributed by atoms with E-state index in [2.05, 4.69) is 0 Å². The van der Waals surface area contributed by atoms with Gasteiger partial charge in [0, 0.05) is 32.6 Å². The van der Waals surface area contributed by atoms with Gasteiger partial charge in [0.2, 0.25) is 5.91 Å². The summed E-state index contributed by atoms with van der Waals surface area (Å²) >= 11 is 6.29. The van der Waals surface area contributed by atoms with Gasteiger partial charge in [-0.2, -0.15) is 13.2 Å². The standard InChI is InChI=1S/C28H32ClF3N2O3/c1-33(2)25(35)22-9-8-21(16-23(22)29)37-18-27(12-13-27)17-19-10-14-34(15-11-19)26(36)24(28(30,31)32)20-6-4-3-5-7-20/h3-9,16,19,24H,10-15,17-18H2,1-2H3. The van der Waals surface area contributed by atoms with Crippen molar-refractivity contribution < 1.29 is 27.5 Å². The Morgan fingerprint density at radius 3 is 2.30 bits per heavy atom. The number of halogens is 4. The quantitative estimate of drug-likeness (QED) is 0.405. The summed E-state index contributed by atoms with van der Waals surface area (Å²) in [5, 5.41) is 0.339. The van der Waals surface area contributed by atoms with E-state index < -0.39 is 18.0 Å². The molecule has 1 saturated heterocycles. The maximum absolute atomic E-state index is 13.8. The topological polar surface area (TPSA) is 49.9 Å². The van der Waals surface area contributed by atoms with E-state index in [4.69, 9.17) is 16.3 Å². The number of hydrogen-bond acceptors (Lipinski definition) is 3. The summed E-state index contributed by atoms with van der Waals surface area (Å²) in [5.41, 5.74) is 0.442. The Hall–Kier alpha value is -2.74. The number of amides is 2. The lowest BCUT2D eigenvalue weighted by Gasteiger charge is -2.36. The summed E-state index contributed by atoms with van der Waals surface area (Å²) in [4.78, 5) is 27.9. The van der Waals surface area contributed by atoms with Crippen LogP contribution in [0.1, 0.15) is 53.9 Å². The van der Waals surface area contributed by atoms with Gasteiger partial charge < -0.3 is 14.5 Å². The van der Waals surface area contributed by atoms with E-state index in [1.54, 1.807) is 38.4 Å². The summed E-state index contributed by atoms with van der Waals surface area (Å²) in [5.74, 6) is -2.23. The van der Waals surface area contributed by atoms with Crippen LogP contribution in [-0.4, -0.2) is 61.6 Å². The maximum Gasteiger partial charge on any atom is 0.404 e. The molecule has 2 fully saturated rings. The molecule has 0 aromatic heterocycles. The van der Waals surface area contributed by atoms with Crippen LogP contribution in [-0.2, 0) is 4.79 Å². The zero-order chi connectivity index (χ0) is 26.8. The van der Waals surface area contributed by atoms with Crippen molar-refractivity contribution in [3.8, 4) is 5.75 Å². The van der Waals surface area contributed by atoms with Crippen molar-refractivity contribution in [3.05, 3.63) is 64.7 Å². The molecule has 200 valence electrons. The fourth-order valence-electron chi connectivity index (χ4n) is 5.09. The third-order valence-corrected chi connectivity index (χ3v) is 7.75. The Bertz CT molecular complexity index is 1110. The molecule has 4 rings (SSSR count). The predicted octanol–water partition coefficient (Wildman–Crippen LogP) is 6.18. The van der Waals surface area contributed by atoms with Gasteiger partial charge in [0.1, 0.15) is 5.75 Å². The highest BCUT2D eigenvalue weighted by Crippen LogP contribution is 2.52. The third-order valence-electron chi connectivity index (χ3n) is 7.43. The first-order chi connectivity index (χ1) is 17.5. The van der Waals surface area contributed by atoms with Crippen LogP contribution in [0, 0.1) is 11.3 Å². The summed E-state index contributed by atoms with van der Waals surface area (Å²) in [6, 6.07) is 12.5. The van der Waals surface area contributed by atoms with Crippen LogP contribution in [0.5, 0.6) is 5.75 Å². The number of benzene rings is 2. The highest BCUT2D eigenvalue weighted by molar-refractivity contribution is 6.34. The molecule has 0 bridgehead atoms. The zero-order valence-corrected chi connectivity index (χ0v) is 21.8. The molecular formula is C28H32ClF3N2O3. The molecule has 0 N–H and O–H groups in total. The second kappa shape index (κ2) is 10.9. The van der Waals surface area contributed by atoms with Crippen LogP contribution in [0.15, 0.2) is 48.5 Å². The van der Waals surface area contributed by atoms with Crippen molar-refractivity contribution in [2.75, 3.05) is 33.8 Å². The predicted molar refractivity (Wildman–Crippen MR) is 136 cm³/mol. The molecule has 1 aliphatic heterocycles. The fourth-order valence-corrected chi connectivity index (χ4v) is 5.34. The van der Waals surface area contributed by atoms with Crippen molar-refractivity contribution in [2.45, 2.75) is 44.2 Å². The van der Waals surface area contributed by atoms with Gasteiger partial charge >= 0.3 is 6.18 Å². The van der Waals surface area contributed by atoms with E-state index in [-0.39, 0.29) is 16.9 Å². The van der Waals surface area contributed by atoms with E-state index in [1.165, 1.54) is 34.1 Å². The molecule has 0 spiro atoms. The Morgan fingerprint density at radius 1 is 1.11 bits per heavy atom. The average Bonchev–Trinajstić information content (AvgIpc) is 3.62. The number of rotatable bonds is 8. The van der Waals surface area contributed by atoms with Gasteiger partial charge in [-0.1, -0.05) is 41.9 Å². The van der Waals surface area contributed by atoms with Crippen LogP contribution < -0.4 is 4.74 Å². The molecule has 2 aliphatic rings. The third kappa shape index (κ3) is 6.58. The molecule has 1 atom stereocenters. The Morgan fingerprint density at radius 2 is 1.76 bits per heavy atom. The van der Waals surface area contributed by atoms with Crippen LogP contribution in [0.4, 0.5) is 13.2 Å². The first-order valence-electron chi connectivity index (χ1n) is 12.5. The number of nitrogens with zero attached hydrogens (tertiary/aromatic N) is 2. The van der Waals surface area contributed by atoms with Gasteiger partial charge in [0.25, 0.3) is 5.91 Å². The molecule has 2 amide bonds. The van der Waals surface area contributed by atoms with Crippen LogP contribution in [0.3, 0.4) is 0 Å². The van der Waals surface area contributed by atoms with Crippen molar-refractivity contribution in [3.63, 3.8) is 0 Å². The van der Waals surface area contributed by atoms with Gasteiger partial charge in [-0.25, -0.2) is 0 Å². The van der Waals surface area contributed by atoms with Gasteiger partial charge in [-0.05, 0) is 61.8 Å². The fraction of sp³-hybridized carbons (Fsp3) is 0.500. The molecule has 1 saturated carbocycles. The minimum absolute atomic E-state index is 0.0181. The Balaban J connectivity index is 1.30. The van der Waals surface area contributed by atoms with Crippen molar-refractivity contribution >= 4 is 23.4 Å². The summed E-state index contributed by atoms with van der Waals surface area (Å²) in [6.45, 7) is 1.18. The highest BCUT2D eigenvalue weighted by atomic mass is 35.5. The lowest BCUT2D eigenvalue weighted by molar-refractivity contribution is -0.173. The molecule has 37 heavy (non-hydrogen) atoms. The van der Waals surface area contributed by atoms with Gasteiger partial charge in [-0.3, -0.25) is 9.59 Å².